The Labute approximate surface area is 155 Å². The first-order chi connectivity index (χ1) is 12.5. The fraction of sp³-hybridized carbons (Fsp3) is 0.105. The van der Waals surface area contributed by atoms with Crippen LogP contribution in [0.25, 0.3) is 0 Å². The van der Waals surface area contributed by atoms with Gasteiger partial charge in [-0.25, -0.2) is 4.99 Å². The fourth-order valence-electron chi connectivity index (χ4n) is 2.53. The van der Waals surface area contributed by atoms with E-state index >= 15 is 0 Å². The Hall–Kier alpha value is -3.30. The normalized spacial score (nSPS) is 10.8. The van der Waals surface area contributed by atoms with Gasteiger partial charge in [0.05, 0.1) is 0 Å². The molecular weight excluding hydrogens is 350 g/mol. The SMILES string of the molecule is Cc1cc(C=Nc2n[nH]c(Nc3cccc(Cl)c3)c2C#N)cc(C)c1O. The van der Waals surface area contributed by atoms with Crippen LogP contribution in [0.4, 0.5) is 17.3 Å². The van der Waals surface area contributed by atoms with E-state index in [4.69, 9.17) is 11.6 Å². The Kier molecular flexibility index (Phi) is 4.92. The molecule has 1 aromatic heterocycles. The van der Waals surface area contributed by atoms with E-state index < -0.39 is 0 Å². The molecule has 1 heterocycles. The lowest BCUT2D eigenvalue weighted by Gasteiger charge is -2.04. The Morgan fingerprint density at radius 3 is 2.65 bits per heavy atom. The molecule has 0 fully saturated rings. The first kappa shape index (κ1) is 17.5. The minimum absolute atomic E-state index is 0.271. The number of anilines is 2. The summed E-state index contributed by atoms with van der Waals surface area (Å²) < 4.78 is 0. The average Bonchev–Trinajstić information content (AvgIpc) is 2.99. The molecule has 26 heavy (non-hydrogen) atoms. The smallest absolute Gasteiger partial charge is 0.193 e. The molecule has 0 aliphatic heterocycles. The number of aromatic hydroxyl groups is 1. The highest BCUT2D eigenvalue weighted by Gasteiger charge is 2.12. The van der Waals surface area contributed by atoms with E-state index in [9.17, 15) is 10.4 Å². The third-order valence-electron chi connectivity index (χ3n) is 3.80. The molecule has 3 rings (SSSR count). The Morgan fingerprint density at radius 2 is 2.00 bits per heavy atom. The van der Waals surface area contributed by atoms with Gasteiger partial charge < -0.3 is 10.4 Å². The summed E-state index contributed by atoms with van der Waals surface area (Å²) >= 11 is 5.97. The Bertz CT molecular complexity index is 1010. The van der Waals surface area contributed by atoms with Crippen LogP contribution in [0.5, 0.6) is 5.75 Å². The molecule has 7 heteroatoms. The van der Waals surface area contributed by atoms with E-state index in [0.717, 1.165) is 22.4 Å². The van der Waals surface area contributed by atoms with E-state index in [-0.39, 0.29) is 11.6 Å². The third-order valence-corrected chi connectivity index (χ3v) is 4.04. The van der Waals surface area contributed by atoms with Crippen LogP contribution in [0, 0.1) is 25.2 Å². The van der Waals surface area contributed by atoms with Crippen molar-refractivity contribution in [2.75, 3.05) is 5.32 Å². The second kappa shape index (κ2) is 7.30. The van der Waals surface area contributed by atoms with Crippen molar-refractivity contribution in [2.45, 2.75) is 13.8 Å². The lowest BCUT2D eigenvalue weighted by molar-refractivity contribution is 0.467. The van der Waals surface area contributed by atoms with Crippen molar-refractivity contribution in [3.8, 4) is 11.8 Å². The topological polar surface area (TPSA) is 97.1 Å². The number of benzene rings is 2. The van der Waals surface area contributed by atoms with Crippen LogP contribution in [0.3, 0.4) is 0 Å². The molecule has 0 radical (unpaired) electrons. The average molecular weight is 366 g/mol. The van der Waals surface area contributed by atoms with Crippen LogP contribution < -0.4 is 5.32 Å². The van der Waals surface area contributed by atoms with E-state index in [1.807, 2.05) is 38.1 Å². The van der Waals surface area contributed by atoms with Gasteiger partial charge in [0.25, 0.3) is 0 Å². The van der Waals surface area contributed by atoms with Gasteiger partial charge in [0, 0.05) is 16.9 Å². The number of hydrogen-bond acceptors (Lipinski definition) is 5. The number of hydrogen-bond donors (Lipinski definition) is 3. The first-order valence-electron chi connectivity index (χ1n) is 7.83. The lowest BCUT2D eigenvalue weighted by atomic mass is 10.1. The highest BCUT2D eigenvalue weighted by atomic mass is 35.5. The van der Waals surface area contributed by atoms with Gasteiger partial charge in [0.1, 0.15) is 23.2 Å². The molecular formula is C19H16ClN5O. The summed E-state index contributed by atoms with van der Waals surface area (Å²) in [6.07, 6.45) is 1.61. The van der Waals surface area contributed by atoms with Crippen molar-refractivity contribution in [1.29, 1.82) is 5.26 Å². The summed E-state index contributed by atoms with van der Waals surface area (Å²) in [6.45, 7) is 3.64. The van der Waals surface area contributed by atoms with Crippen LogP contribution >= 0.6 is 11.6 Å². The predicted molar refractivity (Wildman–Crippen MR) is 103 cm³/mol. The number of aryl methyl sites for hydroxylation is 2. The van der Waals surface area contributed by atoms with E-state index in [1.54, 1.807) is 18.3 Å². The summed E-state index contributed by atoms with van der Waals surface area (Å²) in [4.78, 5) is 4.30. The molecule has 0 bridgehead atoms. The van der Waals surface area contributed by atoms with Crippen molar-refractivity contribution in [3.63, 3.8) is 0 Å². The molecule has 2 aromatic carbocycles. The second-order valence-corrected chi connectivity index (χ2v) is 6.24. The zero-order valence-electron chi connectivity index (χ0n) is 14.2. The standard InChI is InChI=1S/C19H16ClN5O/c1-11-6-13(7-12(2)17(11)26)10-22-18-16(9-21)19(25-24-18)23-15-5-3-4-14(20)8-15/h3-8,10,26H,1-2H3,(H2,23,24,25). The van der Waals surface area contributed by atoms with Gasteiger partial charge in [-0.15, -0.1) is 0 Å². The number of nitrogens with zero attached hydrogens (tertiary/aromatic N) is 3. The largest absolute Gasteiger partial charge is 0.507 e. The molecule has 0 aliphatic rings. The van der Waals surface area contributed by atoms with Gasteiger partial charge in [-0.1, -0.05) is 17.7 Å². The molecule has 0 amide bonds. The number of phenols is 1. The van der Waals surface area contributed by atoms with Crippen LogP contribution in [0.1, 0.15) is 22.3 Å². The summed E-state index contributed by atoms with van der Waals surface area (Å²) in [5, 5.41) is 29.8. The predicted octanol–water partition coefficient (Wildman–Crippen LogP) is 4.75. The summed E-state index contributed by atoms with van der Waals surface area (Å²) in [7, 11) is 0. The highest BCUT2D eigenvalue weighted by molar-refractivity contribution is 6.30. The maximum Gasteiger partial charge on any atom is 0.193 e. The zero-order valence-corrected chi connectivity index (χ0v) is 15.0. The van der Waals surface area contributed by atoms with Crippen LogP contribution in [-0.4, -0.2) is 21.5 Å². The van der Waals surface area contributed by atoms with Gasteiger partial charge in [-0.3, -0.25) is 5.10 Å². The van der Waals surface area contributed by atoms with Crippen molar-refractivity contribution < 1.29 is 5.11 Å². The summed E-state index contributed by atoms with van der Waals surface area (Å²) in [6, 6.07) is 12.9. The van der Waals surface area contributed by atoms with Gasteiger partial charge in [-0.2, -0.15) is 10.4 Å². The number of aromatic amines is 1. The monoisotopic (exact) mass is 365 g/mol. The molecule has 6 nitrogen and oxygen atoms in total. The maximum absolute atomic E-state index is 9.84. The number of halogens is 1. The van der Waals surface area contributed by atoms with E-state index in [1.165, 1.54) is 0 Å². The molecule has 3 N–H and O–H groups in total. The van der Waals surface area contributed by atoms with Crippen LogP contribution in [0.2, 0.25) is 5.02 Å². The van der Waals surface area contributed by atoms with Crippen molar-refractivity contribution in [1.82, 2.24) is 10.2 Å². The quantitative estimate of drug-likeness (QED) is 0.581. The number of H-pyrrole nitrogens is 1. The number of nitriles is 1. The minimum Gasteiger partial charge on any atom is -0.507 e. The van der Waals surface area contributed by atoms with Gasteiger partial charge in [-0.05, 0) is 60.9 Å². The summed E-state index contributed by atoms with van der Waals surface area (Å²) in [5.74, 6) is 0.994. The number of phenolic OH excluding ortho intramolecular Hbond substituents is 1. The molecule has 130 valence electrons. The molecule has 0 saturated carbocycles. The minimum atomic E-state index is 0.271. The molecule has 3 aromatic rings. The maximum atomic E-state index is 9.84. The van der Waals surface area contributed by atoms with E-state index in [2.05, 4.69) is 26.6 Å². The number of nitrogens with one attached hydrogen (secondary N) is 2. The fourth-order valence-corrected chi connectivity index (χ4v) is 2.72. The molecule has 0 spiro atoms. The molecule has 0 aliphatic carbocycles. The van der Waals surface area contributed by atoms with Crippen molar-refractivity contribution in [3.05, 3.63) is 63.7 Å². The van der Waals surface area contributed by atoms with Gasteiger partial charge >= 0.3 is 0 Å². The van der Waals surface area contributed by atoms with Crippen LogP contribution in [-0.2, 0) is 0 Å². The van der Waals surface area contributed by atoms with Gasteiger partial charge in [0.15, 0.2) is 5.82 Å². The third kappa shape index (κ3) is 3.68. The molecule has 0 atom stereocenters. The Balaban J connectivity index is 1.88. The van der Waals surface area contributed by atoms with Crippen molar-refractivity contribution in [2.24, 2.45) is 4.99 Å². The van der Waals surface area contributed by atoms with Crippen molar-refractivity contribution >= 4 is 35.1 Å². The van der Waals surface area contributed by atoms with E-state index in [0.29, 0.717) is 16.4 Å². The lowest BCUT2D eigenvalue weighted by Crippen LogP contribution is -1.92. The molecule has 0 unspecified atom stereocenters. The number of aliphatic imine (C=N–C) groups is 1. The second-order valence-electron chi connectivity index (χ2n) is 5.81. The van der Waals surface area contributed by atoms with Crippen LogP contribution in [0.15, 0.2) is 41.4 Å². The van der Waals surface area contributed by atoms with Gasteiger partial charge in [0.2, 0.25) is 0 Å². The zero-order chi connectivity index (χ0) is 18.7. The summed E-state index contributed by atoms with van der Waals surface area (Å²) in [5.41, 5.74) is 3.37. The number of rotatable bonds is 4. The first-order valence-corrected chi connectivity index (χ1v) is 8.21. The number of aromatic nitrogens is 2. The highest BCUT2D eigenvalue weighted by Crippen LogP contribution is 2.27. The Morgan fingerprint density at radius 1 is 1.27 bits per heavy atom. The molecule has 0 saturated heterocycles.